The van der Waals surface area contributed by atoms with Gasteiger partial charge < -0.3 is 9.64 Å². The molecule has 2 heterocycles. The van der Waals surface area contributed by atoms with Gasteiger partial charge in [0.2, 0.25) is 0 Å². The summed E-state index contributed by atoms with van der Waals surface area (Å²) in [6, 6.07) is 8.79. The van der Waals surface area contributed by atoms with Gasteiger partial charge >= 0.3 is 5.97 Å². The standard InChI is InChI=1S/C17H17NO3/c1-21-17(20)13-11-15(18-10-6-5-9-14(13)18)16(19)12-7-3-2-4-8-12/h2-10,13-15H,11H2,1H3. The molecule has 0 saturated carbocycles. The molecule has 0 radical (unpaired) electrons. The largest absolute Gasteiger partial charge is 0.469 e. The Hall–Kier alpha value is -2.36. The van der Waals surface area contributed by atoms with Gasteiger partial charge in [-0.2, -0.15) is 0 Å². The van der Waals surface area contributed by atoms with Crippen LogP contribution in [0.1, 0.15) is 16.8 Å². The number of carbonyl (C=O) groups excluding carboxylic acids is 2. The third kappa shape index (κ3) is 2.37. The second-order valence-corrected chi connectivity index (χ2v) is 5.28. The molecule has 21 heavy (non-hydrogen) atoms. The molecule has 1 fully saturated rings. The zero-order valence-electron chi connectivity index (χ0n) is 11.8. The Morgan fingerprint density at radius 1 is 1.19 bits per heavy atom. The van der Waals surface area contributed by atoms with E-state index in [4.69, 9.17) is 4.74 Å². The summed E-state index contributed by atoms with van der Waals surface area (Å²) in [5, 5.41) is 0. The van der Waals surface area contributed by atoms with E-state index in [0.29, 0.717) is 12.0 Å². The van der Waals surface area contributed by atoms with Crippen LogP contribution in [0.2, 0.25) is 0 Å². The lowest BCUT2D eigenvalue weighted by atomic mass is 9.96. The monoisotopic (exact) mass is 283 g/mol. The smallest absolute Gasteiger partial charge is 0.311 e. The number of benzene rings is 1. The highest BCUT2D eigenvalue weighted by molar-refractivity contribution is 6.01. The molecule has 0 amide bonds. The van der Waals surface area contributed by atoms with Gasteiger partial charge in [0.05, 0.1) is 25.1 Å². The van der Waals surface area contributed by atoms with Crippen LogP contribution in [0.5, 0.6) is 0 Å². The molecule has 0 N–H and O–H groups in total. The fraction of sp³-hybridized carbons (Fsp3) is 0.294. The van der Waals surface area contributed by atoms with Crippen molar-refractivity contribution in [1.82, 2.24) is 4.90 Å². The number of hydrogen-bond acceptors (Lipinski definition) is 4. The summed E-state index contributed by atoms with van der Waals surface area (Å²) in [6.07, 6.45) is 8.13. The SMILES string of the molecule is COC(=O)C1CC(C(=O)c2ccccc2)N2C=CC=CC12. The topological polar surface area (TPSA) is 46.6 Å². The Labute approximate surface area is 123 Å². The number of methoxy groups -OCH3 is 1. The highest BCUT2D eigenvalue weighted by Gasteiger charge is 2.46. The molecule has 3 atom stereocenters. The van der Waals surface area contributed by atoms with Crippen LogP contribution >= 0.6 is 0 Å². The van der Waals surface area contributed by atoms with Gasteiger partial charge in [0.15, 0.2) is 5.78 Å². The van der Waals surface area contributed by atoms with Crippen LogP contribution in [0.15, 0.2) is 54.8 Å². The molecule has 1 aromatic carbocycles. The summed E-state index contributed by atoms with van der Waals surface area (Å²) >= 11 is 0. The van der Waals surface area contributed by atoms with Gasteiger partial charge in [-0.1, -0.05) is 42.5 Å². The molecular formula is C17H17NO3. The van der Waals surface area contributed by atoms with Gasteiger partial charge in [0, 0.05) is 11.8 Å². The molecule has 4 heteroatoms. The van der Waals surface area contributed by atoms with E-state index in [2.05, 4.69) is 0 Å². The number of ketones is 1. The predicted molar refractivity (Wildman–Crippen MR) is 78.6 cm³/mol. The molecule has 0 aliphatic carbocycles. The lowest BCUT2D eigenvalue weighted by Crippen LogP contribution is -2.38. The number of ether oxygens (including phenoxy) is 1. The Balaban J connectivity index is 1.89. The molecule has 3 rings (SSSR count). The Bertz CT molecular complexity index is 606. The molecule has 1 aromatic rings. The van der Waals surface area contributed by atoms with Crippen molar-refractivity contribution in [2.45, 2.75) is 18.5 Å². The van der Waals surface area contributed by atoms with Crippen molar-refractivity contribution < 1.29 is 14.3 Å². The second-order valence-electron chi connectivity index (χ2n) is 5.28. The third-order valence-corrected chi connectivity index (χ3v) is 4.14. The normalized spacial score (nSPS) is 26.5. The van der Waals surface area contributed by atoms with E-state index in [0.717, 1.165) is 0 Å². The van der Waals surface area contributed by atoms with Gasteiger partial charge in [-0.3, -0.25) is 9.59 Å². The number of esters is 1. The van der Waals surface area contributed by atoms with Crippen molar-refractivity contribution in [1.29, 1.82) is 0 Å². The lowest BCUT2D eigenvalue weighted by molar-refractivity contribution is -0.145. The Morgan fingerprint density at radius 2 is 1.95 bits per heavy atom. The molecule has 108 valence electrons. The first-order chi connectivity index (χ1) is 10.2. The lowest BCUT2D eigenvalue weighted by Gasteiger charge is -2.29. The molecule has 2 aliphatic heterocycles. The van der Waals surface area contributed by atoms with E-state index in [-0.39, 0.29) is 29.8 Å². The van der Waals surface area contributed by atoms with Crippen LogP contribution in [0, 0.1) is 5.92 Å². The number of nitrogens with zero attached hydrogens (tertiary/aromatic N) is 1. The Morgan fingerprint density at radius 3 is 2.67 bits per heavy atom. The van der Waals surface area contributed by atoms with E-state index in [1.807, 2.05) is 59.7 Å². The van der Waals surface area contributed by atoms with Crippen LogP contribution in [-0.2, 0) is 9.53 Å². The maximum absolute atomic E-state index is 12.7. The molecular weight excluding hydrogens is 266 g/mol. The first-order valence-electron chi connectivity index (χ1n) is 7.02. The van der Waals surface area contributed by atoms with Crippen LogP contribution in [0.4, 0.5) is 0 Å². The second kappa shape index (κ2) is 5.56. The van der Waals surface area contributed by atoms with Crippen molar-refractivity contribution in [3.8, 4) is 0 Å². The first-order valence-corrected chi connectivity index (χ1v) is 7.02. The number of Topliss-reactive ketones (excluding diaryl/α,β-unsaturated/α-hetero) is 1. The number of hydrogen-bond donors (Lipinski definition) is 0. The quantitative estimate of drug-likeness (QED) is 0.630. The van der Waals surface area contributed by atoms with Crippen molar-refractivity contribution in [2.75, 3.05) is 7.11 Å². The van der Waals surface area contributed by atoms with Crippen molar-refractivity contribution in [2.24, 2.45) is 5.92 Å². The van der Waals surface area contributed by atoms with E-state index in [9.17, 15) is 9.59 Å². The molecule has 4 nitrogen and oxygen atoms in total. The van der Waals surface area contributed by atoms with Crippen LogP contribution in [0.25, 0.3) is 0 Å². The van der Waals surface area contributed by atoms with Crippen molar-refractivity contribution >= 4 is 11.8 Å². The third-order valence-electron chi connectivity index (χ3n) is 4.14. The maximum Gasteiger partial charge on any atom is 0.311 e. The predicted octanol–water partition coefficient (Wildman–Crippen LogP) is 2.18. The summed E-state index contributed by atoms with van der Waals surface area (Å²) < 4.78 is 4.88. The van der Waals surface area contributed by atoms with Gasteiger partial charge in [0.25, 0.3) is 0 Å². The van der Waals surface area contributed by atoms with Gasteiger partial charge in [0.1, 0.15) is 0 Å². The summed E-state index contributed by atoms with van der Waals surface area (Å²) in [7, 11) is 1.39. The van der Waals surface area contributed by atoms with Crippen LogP contribution in [0.3, 0.4) is 0 Å². The van der Waals surface area contributed by atoms with Gasteiger partial charge in [-0.05, 0) is 12.5 Å². The molecule has 0 bridgehead atoms. The number of carbonyl (C=O) groups is 2. The minimum atomic E-state index is -0.317. The highest BCUT2D eigenvalue weighted by Crippen LogP contribution is 2.35. The average molecular weight is 283 g/mol. The summed E-state index contributed by atoms with van der Waals surface area (Å²) in [6.45, 7) is 0. The van der Waals surface area contributed by atoms with E-state index in [1.165, 1.54) is 7.11 Å². The molecule has 1 saturated heterocycles. The van der Waals surface area contributed by atoms with E-state index >= 15 is 0 Å². The summed E-state index contributed by atoms with van der Waals surface area (Å²) in [5.74, 6) is -0.505. The fourth-order valence-corrected chi connectivity index (χ4v) is 3.11. The zero-order valence-corrected chi connectivity index (χ0v) is 11.8. The minimum absolute atomic E-state index is 0.0481. The number of rotatable bonds is 3. The van der Waals surface area contributed by atoms with Crippen molar-refractivity contribution in [3.05, 3.63) is 60.3 Å². The van der Waals surface area contributed by atoms with E-state index < -0.39 is 0 Å². The Kier molecular flexibility index (Phi) is 3.60. The summed E-state index contributed by atoms with van der Waals surface area (Å²) in [4.78, 5) is 26.6. The minimum Gasteiger partial charge on any atom is -0.469 e. The van der Waals surface area contributed by atoms with Crippen LogP contribution in [-0.4, -0.2) is 35.8 Å². The van der Waals surface area contributed by atoms with Gasteiger partial charge in [-0.15, -0.1) is 0 Å². The molecule has 0 aromatic heterocycles. The molecule has 0 spiro atoms. The summed E-state index contributed by atoms with van der Waals surface area (Å²) in [5.41, 5.74) is 0.676. The number of allylic oxidation sites excluding steroid dienone is 2. The van der Waals surface area contributed by atoms with Crippen LogP contribution < -0.4 is 0 Å². The number of fused-ring (bicyclic) bond motifs is 1. The average Bonchev–Trinajstić information content (AvgIpc) is 2.94. The first kappa shape index (κ1) is 13.6. The maximum atomic E-state index is 12.7. The molecule has 2 aliphatic rings. The zero-order chi connectivity index (χ0) is 14.8. The van der Waals surface area contributed by atoms with Gasteiger partial charge in [-0.25, -0.2) is 0 Å². The highest BCUT2D eigenvalue weighted by atomic mass is 16.5. The molecule has 3 unspecified atom stereocenters. The van der Waals surface area contributed by atoms with E-state index in [1.54, 1.807) is 0 Å². The van der Waals surface area contributed by atoms with Crippen molar-refractivity contribution in [3.63, 3.8) is 0 Å². The fourth-order valence-electron chi connectivity index (χ4n) is 3.11.